The quantitative estimate of drug-likeness (QED) is 0.267. The zero-order chi connectivity index (χ0) is 24.0. The molecule has 0 atom stereocenters. The van der Waals surface area contributed by atoms with Gasteiger partial charge in [0.1, 0.15) is 23.3 Å². The minimum atomic E-state index is -0.282. The van der Waals surface area contributed by atoms with E-state index in [1.54, 1.807) is 12.1 Å². The van der Waals surface area contributed by atoms with E-state index in [9.17, 15) is 8.78 Å². The van der Waals surface area contributed by atoms with E-state index < -0.39 is 0 Å². The highest BCUT2D eigenvalue weighted by Crippen LogP contribution is 2.32. The molecule has 5 aromatic rings. The summed E-state index contributed by atoms with van der Waals surface area (Å²) in [6, 6.07) is 17.3. The highest BCUT2D eigenvalue weighted by atomic mass is 19.1. The van der Waals surface area contributed by atoms with Crippen molar-refractivity contribution in [2.45, 2.75) is 40.8 Å². The highest BCUT2D eigenvalue weighted by Gasteiger charge is 2.20. The summed E-state index contributed by atoms with van der Waals surface area (Å²) < 4.78 is 32.4. The lowest BCUT2D eigenvalue weighted by atomic mass is 10.1. The minimum absolute atomic E-state index is 0.282. The van der Waals surface area contributed by atoms with Crippen molar-refractivity contribution in [2.75, 3.05) is 0 Å². The van der Waals surface area contributed by atoms with Gasteiger partial charge in [-0.2, -0.15) is 0 Å². The Balaban J connectivity index is 1.78. The van der Waals surface area contributed by atoms with Crippen LogP contribution in [0.2, 0.25) is 0 Å². The average molecular weight is 459 g/mol. The van der Waals surface area contributed by atoms with Crippen molar-refractivity contribution in [1.82, 2.24) is 19.1 Å². The Hall–Kier alpha value is -3.54. The minimum Gasteiger partial charge on any atom is -0.324 e. The third-order valence-electron chi connectivity index (χ3n) is 5.88. The number of benzene rings is 3. The normalized spacial score (nSPS) is 12.0. The van der Waals surface area contributed by atoms with Crippen LogP contribution in [0.5, 0.6) is 0 Å². The van der Waals surface area contributed by atoms with Crippen LogP contribution in [-0.4, -0.2) is 19.1 Å². The molecule has 0 aliphatic carbocycles. The fourth-order valence-electron chi connectivity index (χ4n) is 4.54. The van der Waals surface area contributed by atoms with Crippen LogP contribution in [0.1, 0.15) is 27.7 Å². The summed E-state index contributed by atoms with van der Waals surface area (Å²) in [7, 11) is 0. The molecule has 0 aliphatic rings. The predicted octanol–water partition coefficient (Wildman–Crippen LogP) is 7.31. The molecule has 34 heavy (non-hydrogen) atoms. The summed E-state index contributed by atoms with van der Waals surface area (Å²) in [5.41, 5.74) is 5.09. The second kappa shape index (κ2) is 8.67. The van der Waals surface area contributed by atoms with E-state index in [0.29, 0.717) is 11.8 Å². The molecule has 0 saturated carbocycles. The molecule has 0 fully saturated rings. The van der Waals surface area contributed by atoms with Crippen LogP contribution in [-0.2, 0) is 13.1 Å². The van der Waals surface area contributed by atoms with Gasteiger partial charge in [-0.15, -0.1) is 0 Å². The zero-order valence-electron chi connectivity index (χ0n) is 19.9. The van der Waals surface area contributed by atoms with Crippen LogP contribution in [0.25, 0.3) is 44.8 Å². The summed E-state index contributed by atoms with van der Waals surface area (Å²) >= 11 is 0. The van der Waals surface area contributed by atoms with Crippen molar-refractivity contribution in [3.05, 3.63) is 72.3 Å². The van der Waals surface area contributed by atoms with Gasteiger partial charge >= 0.3 is 0 Å². The van der Waals surface area contributed by atoms with Crippen molar-refractivity contribution >= 4 is 22.1 Å². The van der Waals surface area contributed by atoms with Crippen LogP contribution < -0.4 is 0 Å². The molecule has 2 heterocycles. The molecule has 4 nitrogen and oxygen atoms in total. The lowest BCUT2D eigenvalue weighted by Crippen LogP contribution is -2.07. The maximum Gasteiger partial charge on any atom is 0.141 e. The van der Waals surface area contributed by atoms with Gasteiger partial charge in [0.15, 0.2) is 0 Å². The first kappa shape index (κ1) is 22.3. The molecule has 0 aliphatic heterocycles. The molecule has 3 aromatic carbocycles. The second-order valence-electron chi connectivity index (χ2n) is 9.73. The third-order valence-corrected chi connectivity index (χ3v) is 5.88. The Morgan fingerprint density at radius 3 is 1.47 bits per heavy atom. The van der Waals surface area contributed by atoms with Crippen molar-refractivity contribution < 1.29 is 8.78 Å². The number of aromatic nitrogens is 4. The molecule has 5 rings (SSSR count). The first-order valence-corrected chi connectivity index (χ1v) is 11.7. The number of nitrogens with zero attached hydrogens (tertiary/aromatic N) is 4. The van der Waals surface area contributed by atoms with Crippen LogP contribution in [0.3, 0.4) is 0 Å². The molecule has 0 radical (unpaired) electrons. The maximum atomic E-state index is 14.0. The van der Waals surface area contributed by atoms with Gasteiger partial charge in [-0.25, -0.2) is 18.7 Å². The maximum absolute atomic E-state index is 14.0. The van der Waals surface area contributed by atoms with Gasteiger partial charge in [0.25, 0.3) is 0 Å². The van der Waals surface area contributed by atoms with Gasteiger partial charge in [0.2, 0.25) is 0 Å². The summed E-state index contributed by atoms with van der Waals surface area (Å²) in [4.78, 5) is 9.80. The number of rotatable bonds is 6. The molecular formula is C28H28F2N4. The van der Waals surface area contributed by atoms with E-state index in [4.69, 9.17) is 9.97 Å². The zero-order valence-corrected chi connectivity index (χ0v) is 19.9. The molecule has 0 unspecified atom stereocenters. The van der Waals surface area contributed by atoms with Crippen LogP contribution >= 0.6 is 0 Å². The van der Waals surface area contributed by atoms with Crippen molar-refractivity contribution in [3.8, 4) is 22.8 Å². The largest absolute Gasteiger partial charge is 0.324 e. The van der Waals surface area contributed by atoms with E-state index >= 15 is 0 Å². The van der Waals surface area contributed by atoms with E-state index in [1.165, 1.54) is 24.3 Å². The summed E-state index contributed by atoms with van der Waals surface area (Å²) in [6.45, 7) is 10.1. The van der Waals surface area contributed by atoms with Gasteiger partial charge in [-0.3, -0.25) is 0 Å². The Kier molecular flexibility index (Phi) is 5.68. The third kappa shape index (κ3) is 4.09. The standard InChI is InChI=1S/C28H28F2N4/c1-17(2)15-33-25-14-26-24(13-23(25)31-27(33)19-7-5-9-21(29)11-19)32-28(34(26)16-18(3)4)20-8-6-10-22(30)12-20/h5-14,17-18H,15-16H2,1-4H3. The van der Waals surface area contributed by atoms with Gasteiger partial charge in [-0.1, -0.05) is 52.0 Å². The lowest BCUT2D eigenvalue weighted by Gasteiger charge is -2.14. The number of imidazole rings is 2. The molecular weight excluding hydrogens is 430 g/mol. The highest BCUT2D eigenvalue weighted by molar-refractivity contribution is 5.95. The first-order chi connectivity index (χ1) is 16.3. The van der Waals surface area contributed by atoms with Gasteiger partial charge in [-0.05, 0) is 48.2 Å². The number of hydrogen-bond acceptors (Lipinski definition) is 2. The van der Waals surface area contributed by atoms with E-state index in [2.05, 4.69) is 42.9 Å². The fraction of sp³-hybridized carbons (Fsp3) is 0.286. The Bertz CT molecular complexity index is 1380. The fourth-order valence-corrected chi connectivity index (χ4v) is 4.54. The lowest BCUT2D eigenvalue weighted by molar-refractivity contribution is 0.534. The van der Waals surface area contributed by atoms with E-state index in [1.807, 2.05) is 18.2 Å². The second-order valence-corrected chi connectivity index (χ2v) is 9.73. The Labute approximate surface area is 197 Å². The van der Waals surface area contributed by atoms with Crippen LogP contribution in [0, 0.1) is 23.5 Å². The smallest absolute Gasteiger partial charge is 0.141 e. The monoisotopic (exact) mass is 458 g/mol. The van der Waals surface area contributed by atoms with E-state index in [-0.39, 0.29) is 11.6 Å². The summed E-state index contributed by atoms with van der Waals surface area (Å²) in [5.74, 6) is 1.69. The van der Waals surface area contributed by atoms with Gasteiger partial charge in [0.05, 0.1) is 22.1 Å². The topological polar surface area (TPSA) is 35.6 Å². The number of fused-ring (bicyclic) bond motifs is 2. The SMILES string of the molecule is CC(C)Cn1c(-c2cccc(F)c2)nc2cc3nc(-c4cccc(F)c4)n(CC(C)C)c3cc21. The molecule has 6 heteroatoms. The predicted molar refractivity (Wildman–Crippen MR) is 133 cm³/mol. The Morgan fingerprint density at radius 2 is 1.09 bits per heavy atom. The van der Waals surface area contributed by atoms with Crippen LogP contribution in [0.15, 0.2) is 60.7 Å². The molecule has 0 saturated heterocycles. The summed E-state index contributed by atoms with van der Waals surface area (Å²) in [5, 5.41) is 0. The molecule has 2 aromatic heterocycles. The van der Waals surface area contributed by atoms with Crippen molar-refractivity contribution in [3.63, 3.8) is 0 Å². The molecule has 0 spiro atoms. The van der Waals surface area contributed by atoms with Crippen LogP contribution in [0.4, 0.5) is 8.78 Å². The molecule has 0 N–H and O–H groups in total. The molecule has 174 valence electrons. The molecule has 0 bridgehead atoms. The summed E-state index contributed by atoms with van der Waals surface area (Å²) in [6.07, 6.45) is 0. The average Bonchev–Trinajstić information content (AvgIpc) is 3.29. The molecule has 0 amide bonds. The van der Waals surface area contributed by atoms with Crippen molar-refractivity contribution in [2.24, 2.45) is 11.8 Å². The van der Waals surface area contributed by atoms with Gasteiger partial charge in [0, 0.05) is 24.2 Å². The first-order valence-electron chi connectivity index (χ1n) is 11.7. The number of halogens is 2. The number of hydrogen-bond donors (Lipinski definition) is 0. The van der Waals surface area contributed by atoms with Gasteiger partial charge < -0.3 is 9.13 Å². The van der Waals surface area contributed by atoms with Crippen molar-refractivity contribution in [1.29, 1.82) is 0 Å². The van der Waals surface area contributed by atoms with E-state index in [0.717, 1.165) is 57.9 Å². The Morgan fingerprint density at radius 1 is 0.647 bits per heavy atom.